The van der Waals surface area contributed by atoms with Crippen molar-refractivity contribution in [3.05, 3.63) is 47.1 Å². The fraction of sp³-hybridized carbons (Fsp3) is 0.550. The van der Waals surface area contributed by atoms with Crippen LogP contribution in [0.5, 0.6) is 0 Å². The molecule has 1 aliphatic carbocycles. The fourth-order valence-corrected chi connectivity index (χ4v) is 3.22. The van der Waals surface area contributed by atoms with E-state index in [0.29, 0.717) is 5.57 Å². The molecule has 0 saturated carbocycles. The largest absolute Gasteiger partial charge is 0.454 e. The minimum atomic E-state index is -0.252. The Morgan fingerprint density at radius 1 is 1.17 bits per heavy atom. The second-order valence-electron chi connectivity index (χ2n) is 6.70. The van der Waals surface area contributed by atoms with Crippen molar-refractivity contribution in [2.45, 2.75) is 58.5 Å². The molecule has 0 spiro atoms. The lowest BCUT2D eigenvalue weighted by Gasteiger charge is -2.16. The highest BCUT2D eigenvalue weighted by Crippen LogP contribution is 2.33. The van der Waals surface area contributed by atoms with Gasteiger partial charge in [-0.05, 0) is 64.0 Å². The lowest BCUT2D eigenvalue weighted by Crippen LogP contribution is -2.14. The Hall–Kier alpha value is -1.61. The van der Waals surface area contributed by atoms with Crippen LogP contribution < -0.4 is 0 Å². The summed E-state index contributed by atoms with van der Waals surface area (Å²) in [4.78, 5) is 11.8. The van der Waals surface area contributed by atoms with Crippen molar-refractivity contribution in [2.75, 3.05) is 6.61 Å². The van der Waals surface area contributed by atoms with E-state index in [1.54, 1.807) is 0 Å². The maximum absolute atomic E-state index is 11.8. The highest BCUT2D eigenvalue weighted by atomic mass is 16.5. The zero-order valence-electron chi connectivity index (χ0n) is 14.3. The third kappa shape index (κ3) is 4.93. The van der Waals surface area contributed by atoms with Crippen LogP contribution in [0.15, 0.2) is 47.1 Å². The number of hydrogen-bond acceptors (Lipinski definition) is 3. The van der Waals surface area contributed by atoms with Crippen LogP contribution in [0.25, 0.3) is 0 Å². The summed E-state index contributed by atoms with van der Waals surface area (Å²) in [5.74, 6) is -0.162. The van der Waals surface area contributed by atoms with Crippen molar-refractivity contribution in [1.82, 2.24) is 0 Å². The molecule has 0 unspecified atom stereocenters. The fourth-order valence-electron chi connectivity index (χ4n) is 3.22. The molecule has 0 aromatic carbocycles. The van der Waals surface area contributed by atoms with Crippen LogP contribution in [0.1, 0.15) is 52.4 Å². The molecule has 23 heavy (non-hydrogen) atoms. The molecule has 0 amide bonds. The van der Waals surface area contributed by atoms with Gasteiger partial charge in [0.25, 0.3) is 0 Å². The molecule has 1 N–H and O–H groups in total. The normalized spacial score (nSPS) is 31.9. The van der Waals surface area contributed by atoms with E-state index in [2.05, 4.69) is 38.7 Å². The summed E-state index contributed by atoms with van der Waals surface area (Å²) in [5, 5.41) is 9.44. The SMILES string of the molecule is C=C1C(=O)O[C@H]2/C=C(\C)CCC=C(CO)CC/C=C(/C)CC[C@@H]12. The first-order valence-electron chi connectivity index (χ1n) is 8.52. The van der Waals surface area contributed by atoms with Crippen molar-refractivity contribution >= 4 is 5.97 Å². The maximum atomic E-state index is 11.8. The van der Waals surface area contributed by atoms with Crippen LogP contribution in [-0.2, 0) is 9.53 Å². The molecule has 2 rings (SSSR count). The van der Waals surface area contributed by atoms with E-state index in [0.717, 1.165) is 44.1 Å². The van der Waals surface area contributed by atoms with Crippen molar-refractivity contribution in [3.8, 4) is 0 Å². The molecule has 3 nitrogen and oxygen atoms in total. The molecule has 0 aromatic heterocycles. The zero-order valence-corrected chi connectivity index (χ0v) is 14.3. The highest BCUT2D eigenvalue weighted by Gasteiger charge is 2.36. The molecule has 1 saturated heterocycles. The molecule has 0 bridgehead atoms. The van der Waals surface area contributed by atoms with Gasteiger partial charge in [0.05, 0.1) is 6.61 Å². The van der Waals surface area contributed by atoms with E-state index >= 15 is 0 Å². The van der Waals surface area contributed by atoms with Gasteiger partial charge in [-0.3, -0.25) is 0 Å². The van der Waals surface area contributed by atoms with Crippen LogP contribution in [0, 0.1) is 5.92 Å². The van der Waals surface area contributed by atoms with Gasteiger partial charge in [0.2, 0.25) is 0 Å². The Morgan fingerprint density at radius 2 is 1.91 bits per heavy atom. The molecule has 126 valence electrons. The summed E-state index contributed by atoms with van der Waals surface area (Å²) < 4.78 is 5.50. The molecular weight excluding hydrogens is 288 g/mol. The Morgan fingerprint density at radius 3 is 2.65 bits per heavy atom. The summed E-state index contributed by atoms with van der Waals surface area (Å²) in [7, 11) is 0. The van der Waals surface area contributed by atoms with Crippen LogP contribution in [-0.4, -0.2) is 23.8 Å². The third-order valence-electron chi connectivity index (χ3n) is 4.78. The number of hydrogen-bond donors (Lipinski definition) is 1. The molecule has 0 radical (unpaired) electrons. The Balaban J connectivity index is 2.20. The Labute approximate surface area is 139 Å². The first-order valence-corrected chi connectivity index (χ1v) is 8.52. The summed E-state index contributed by atoms with van der Waals surface area (Å²) in [6.07, 6.45) is 11.8. The number of ether oxygens (including phenoxy) is 1. The molecular formula is C20H28O3. The van der Waals surface area contributed by atoms with Crippen molar-refractivity contribution in [2.24, 2.45) is 5.92 Å². The third-order valence-corrected chi connectivity index (χ3v) is 4.78. The summed E-state index contributed by atoms with van der Waals surface area (Å²) in [6.45, 7) is 8.28. The van der Waals surface area contributed by atoms with Gasteiger partial charge < -0.3 is 9.84 Å². The van der Waals surface area contributed by atoms with Crippen molar-refractivity contribution < 1.29 is 14.6 Å². The van der Waals surface area contributed by atoms with Crippen molar-refractivity contribution in [3.63, 3.8) is 0 Å². The molecule has 1 aliphatic heterocycles. The first-order chi connectivity index (χ1) is 11.0. The minimum Gasteiger partial charge on any atom is -0.454 e. The molecule has 1 heterocycles. The lowest BCUT2D eigenvalue weighted by atomic mass is 9.89. The monoisotopic (exact) mass is 316 g/mol. The number of aliphatic hydroxyl groups is 1. The Kier molecular flexibility index (Phi) is 6.40. The van der Waals surface area contributed by atoms with Crippen LogP contribution in [0.2, 0.25) is 0 Å². The van der Waals surface area contributed by atoms with E-state index in [1.807, 2.05) is 0 Å². The molecule has 2 atom stereocenters. The van der Waals surface area contributed by atoms with Gasteiger partial charge in [0.1, 0.15) is 6.10 Å². The van der Waals surface area contributed by atoms with E-state index in [9.17, 15) is 9.90 Å². The number of fused-ring (bicyclic) bond motifs is 1. The van der Waals surface area contributed by atoms with Gasteiger partial charge in [0, 0.05) is 11.5 Å². The van der Waals surface area contributed by atoms with Gasteiger partial charge in [-0.2, -0.15) is 0 Å². The molecule has 3 heteroatoms. The first kappa shape index (κ1) is 17.7. The number of rotatable bonds is 1. The van der Waals surface area contributed by atoms with Gasteiger partial charge in [-0.15, -0.1) is 0 Å². The zero-order chi connectivity index (χ0) is 16.8. The predicted octanol–water partition coefficient (Wildman–Crippen LogP) is 4.25. The number of esters is 1. The number of carbonyl (C=O) groups is 1. The van der Waals surface area contributed by atoms with Gasteiger partial charge in [-0.25, -0.2) is 4.79 Å². The average Bonchev–Trinajstić information content (AvgIpc) is 2.77. The molecule has 0 aromatic rings. The van der Waals surface area contributed by atoms with Crippen LogP contribution in [0.4, 0.5) is 0 Å². The summed E-state index contributed by atoms with van der Waals surface area (Å²) in [6, 6.07) is 0. The number of carbonyl (C=O) groups excluding carboxylic acids is 1. The number of allylic oxidation sites excluding steroid dienone is 4. The van der Waals surface area contributed by atoms with E-state index in [4.69, 9.17) is 4.74 Å². The summed E-state index contributed by atoms with van der Waals surface area (Å²) >= 11 is 0. The second kappa shape index (κ2) is 8.30. The van der Waals surface area contributed by atoms with Crippen LogP contribution in [0.3, 0.4) is 0 Å². The molecule has 2 aliphatic rings. The number of aliphatic hydroxyl groups excluding tert-OH is 1. The predicted molar refractivity (Wildman–Crippen MR) is 92.9 cm³/mol. The average molecular weight is 316 g/mol. The van der Waals surface area contributed by atoms with Gasteiger partial charge in [-0.1, -0.05) is 29.9 Å². The van der Waals surface area contributed by atoms with E-state index < -0.39 is 0 Å². The second-order valence-corrected chi connectivity index (χ2v) is 6.70. The lowest BCUT2D eigenvalue weighted by molar-refractivity contribution is -0.137. The van der Waals surface area contributed by atoms with Gasteiger partial charge >= 0.3 is 5.97 Å². The highest BCUT2D eigenvalue weighted by molar-refractivity contribution is 5.91. The summed E-state index contributed by atoms with van der Waals surface area (Å²) in [5.41, 5.74) is 4.27. The Bertz CT molecular complexity index is 551. The van der Waals surface area contributed by atoms with Crippen molar-refractivity contribution in [1.29, 1.82) is 0 Å². The van der Waals surface area contributed by atoms with Crippen LogP contribution >= 0.6 is 0 Å². The smallest absolute Gasteiger partial charge is 0.334 e. The standard InChI is InChI=1S/C20H28O3/c1-14-6-4-8-17(13-21)9-5-7-15(2)12-19-18(11-10-14)16(3)20(22)23-19/h6,9,12,18-19,21H,3-5,7-8,10-11,13H2,1-2H3/b14-6-,15-12+,17-9?/t18-,19-/m0/s1. The maximum Gasteiger partial charge on any atom is 0.334 e. The molecule has 1 fully saturated rings. The van der Waals surface area contributed by atoms with Gasteiger partial charge in [0.15, 0.2) is 0 Å². The van der Waals surface area contributed by atoms with E-state index in [-0.39, 0.29) is 24.6 Å². The topological polar surface area (TPSA) is 46.5 Å². The quantitative estimate of drug-likeness (QED) is 0.447. The van der Waals surface area contributed by atoms with E-state index in [1.165, 1.54) is 11.1 Å². The minimum absolute atomic E-state index is 0.0901.